The number of amides is 1. The van der Waals surface area contributed by atoms with Gasteiger partial charge in [0, 0.05) is 11.6 Å². The molecule has 0 aromatic rings. The summed E-state index contributed by atoms with van der Waals surface area (Å²) in [6, 6.07) is 0. The molecule has 3 aliphatic rings. The first kappa shape index (κ1) is 12.3. The summed E-state index contributed by atoms with van der Waals surface area (Å²) in [6.45, 7) is 6.19. The van der Waals surface area contributed by atoms with Crippen molar-refractivity contribution < 1.29 is 4.79 Å². The fraction of sp³-hybridized carbons (Fsp3) is 0.714. The van der Waals surface area contributed by atoms with Crippen LogP contribution in [-0.4, -0.2) is 15.8 Å². The van der Waals surface area contributed by atoms with E-state index in [1.807, 2.05) is 6.92 Å². The minimum absolute atomic E-state index is 0.102. The first-order valence-corrected chi connectivity index (χ1v) is 7.61. The van der Waals surface area contributed by atoms with Gasteiger partial charge in [-0.3, -0.25) is 4.79 Å². The summed E-state index contributed by atoms with van der Waals surface area (Å²) in [7, 11) is 0. The number of hydrogen-bond donors (Lipinski definition) is 1. The van der Waals surface area contributed by atoms with E-state index in [0.29, 0.717) is 11.8 Å². The van der Waals surface area contributed by atoms with Gasteiger partial charge < -0.3 is 5.32 Å². The summed E-state index contributed by atoms with van der Waals surface area (Å²) in [6.07, 6.45) is 6.17. The smallest absolute Gasteiger partial charge is 0.242 e. The third kappa shape index (κ3) is 1.81. The molecular formula is C14H20N2OS. The van der Waals surface area contributed by atoms with Gasteiger partial charge in [-0.15, -0.1) is 0 Å². The van der Waals surface area contributed by atoms with Crippen molar-refractivity contribution in [1.29, 1.82) is 0 Å². The Kier molecular flexibility index (Phi) is 2.81. The molecule has 3 unspecified atom stereocenters. The molecule has 18 heavy (non-hydrogen) atoms. The number of carbonyl (C=O) groups is 1. The number of rotatable bonds is 2. The Balaban J connectivity index is 1.80. The highest BCUT2D eigenvalue weighted by molar-refractivity contribution is 8.16. The second-order valence-corrected chi connectivity index (χ2v) is 7.54. The molecule has 1 saturated carbocycles. The lowest BCUT2D eigenvalue weighted by atomic mass is 9.96. The van der Waals surface area contributed by atoms with Gasteiger partial charge in [0.2, 0.25) is 5.91 Å². The molecule has 1 heterocycles. The second kappa shape index (κ2) is 4.12. The van der Waals surface area contributed by atoms with Crippen LogP contribution in [0.5, 0.6) is 0 Å². The summed E-state index contributed by atoms with van der Waals surface area (Å²) in [5, 5.41) is 3.75. The Morgan fingerprint density at radius 2 is 2.28 bits per heavy atom. The number of aliphatic imine (C=N–C) groups is 1. The van der Waals surface area contributed by atoms with Gasteiger partial charge in [-0.1, -0.05) is 31.7 Å². The minimum atomic E-state index is -0.364. The normalized spacial score (nSPS) is 40.8. The van der Waals surface area contributed by atoms with Gasteiger partial charge in [-0.2, -0.15) is 0 Å². The van der Waals surface area contributed by atoms with Crippen molar-refractivity contribution in [3.63, 3.8) is 0 Å². The van der Waals surface area contributed by atoms with Crippen LogP contribution in [0.15, 0.2) is 16.8 Å². The van der Waals surface area contributed by atoms with E-state index in [4.69, 9.17) is 4.99 Å². The maximum absolute atomic E-state index is 12.0. The maximum atomic E-state index is 12.0. The molecule has 3 nitrogen and oxygen atoms in total. The fourth-order valence-corrected chi connectivity index (χ4v) is 4.06. The van der Waals surface area contributed by atoms with E-state index in [1.54, 1.807) is 11.8 Å². The van der Waals surface area contributed by atoms with Crippen LogP contribution >= 0.6 is 11.8 Å². The SMILES string of the molecule is CC(C)C1(C)SC(=NC2=CC3CCC2C3)NC1=O. The summed E-state index contributed by atoms with van der Waals surface area (Å²) < 4.78 is -0.364. The van der Waals surface area contributed by atoms with E-state index in [2.05, 4.69) is 25.2 Å². The van der Waals surface area contributed by atoms with Crippen LogP contribution in [0, 0.1) is 17.8 Å². The topological polar surface area (TPSA) is 41.5 Å². The monoisotopic (exact) mass is 264 g/mol. The van der Waals surface area contributed by atoms with Crippen molar-refractivity contribution in [2.75, 3.05) is 0 Å². The first-order chi connectivity index (χ1) is 8.49. The van der Waals surface area contributed by atoms with Crippen molar-refractivity contribution in [3.05, 3.63) is 11.8 Å². The minimum Gasteiger partial charge on any atom is -0.304 e. The van der Waals surface area contributed by atoms with E-state index in [9.17, 15) is 4.79 Å². The quantitative estimate of drug-likeness (QED) is 0.833. The van der Waals surface area contributed by atoms with E-state index in [1.165, 1.54) is 25.0 Å². The molecule has 1 aliphatic heterocycles. The molecule has 0 spiro atoms. The van der Waals surface area contributed by atoms with Crippen LogP contribution in [0.3, 0.4) is 0 Å². The third-order valence-electron chi connectivity index (χ3n) is 4.61. The number of nitrogens with one attached hydrogen (secondary N) is 1. The van der Waals surface area contributed by atoms with Gasteiger partial charge in [-0.25, -0.2) is 4.99 Å². The third-order valence-corrected chi connectivity index (χ3v) is 6.08. The second-order valence-electron chi connectivity index (χ2n) is 6.10. The highest BCUT2D eigenvalue weighted by Gasteiger charge is 2.45. The number of thioether (sulfide) groups is 1. The lowest BCUT2D eigenvalue weighted by Gasteiger charge is -2.22. The number of amidine groups is 1. The van der Waals surface area contributed by atoms with Crippen LogP contribution in [0.1, 0.15) is 40.0 Å². The molecule has 3 atom stereocenters. The number of hydrogen-bond acceptors (Lipinski definition) is 3. The molecule has 2 fully saturated rings. The van der Waals surface area contributed by atoms with Crippen LogP contribution in [0.4, 0.5) is 0 Å². The molecule has 2 aliphatic carbocycles. The molecule has 3 rings (SSSR count). The van der Waals surface area contributed by atoms with Gasteiger partial charge in [0.15, 0.2) is 5.17 Å². The molecule has 0 radical (unpaired) electrons. The lowest BCUT2D eigenvalue weighted by Crippen LogP contribution is -2.38. The van der Waals surface area contributed by atoms with E-state index >= 15 is 0 Å². The van der Waals surface area contributed by atoms with Gasteiger partial charge in [0.05, 0.1) is 0 Å². The molecule has 1 amide bonds. The number of fused-ring (bicyclic) bond motifs is 2. The van der Waals surface area contributed by atoms with Gasteiger partial charge in [-0.05, 0) is 38.0 Å². The molecule has 4 heteroatoms. The summed E-state index contributed by atoms with van der Waals surface area (Å²) >= 11 is 1.59. The Morgan fingerprint density at radius 3 is 2.78 bits per heavy atom. The van der Waals surface area contributed by atoms with Gasteiger partial charge >= 0.3 is 0 Å². The molecule has 0 aromatic heterocycles. The molecule has 2 bridgehead atoms. The predicted molar refractivity (Wildman–Crippen MR) is 75.3 cm³/mol. The van der Waals surface area contributed by atoms with Crippen LogP contribution in [0.25, 0.3) is 0 Å². The van der Waals surface area contributed by atoms with Crippen molar-refractivity contribution in [2.24, 2.45) is 22.7 Å². The average Bonchev–Trinajstić information content (AvgIpc) is 2.95. The van der Waals surface area contributed by atoms with E-state index in [-0.39, 0.29) is 10.7 Å². The van der Waals surface area contributed by atoms with Crippen molar-refractivity contribution in [2.45, 2.75) is 44.8 Å². The summed E-state index contributed by atoms with van der Waals surface area (Å²) in [5.41, 5.74) is 1.21. The summed E-state index contributed by atoms with van der Waals surface area (Å²) in [5.74, 6) is 1.80. The maximum Gasteiger partial charge on any atom is 0.242 e. The zero-order chi connectivity index (χ0) is 12.9. The molecule has 1 N–H and O–H groups in total. The van der Waals surface area contributed by atoms with E-state index < -0.39 is 0 Å². The predicted octanol–water partition coefficient (Wildman–Crippen LogP) is 2.93. The molecule has 0 aromatic carbocycles. The molecule has 98 valence electrons. The van der Waals surface area contributed by atoms with Gasteiger partial charge in [0.1, 0.15) is 4.75 Å². The fourth-order valence-electron chi connectivity index (χ4n) is 2.98. The van der Waals surface area contributed by atoms with Crippen molar-refractivity contribution in [1.82, 2.24) is 5.32 Å². The Bertz CT molecular complexity index is 455. The number of nitrogens with zero attached hydrogens (tertiary/aromatic N) is 1. The summed E-state index contributed by atoms with van der Waals surface area (Å²) in [4.78, 5) is 16.7. The number of carbonyl (C=O) groups excluding carboxylic acids is 1. The van der Waals surface area contributed by atoms with E-state index in [0.717, 1.165) is 11.1 Å². The van der Waals surface area contributed by atoms with Crippen LogP contribution in [-0.2, 0) is 4.79 Å². The Morgan fingerprint density at radius 1 is 1.50 bits per heavy atom. The zero-order valence-corrected chi connectivity index (χ0v) is 12.0. The Hall–Kier alpha value is -0.770. The molecular weight excluding hydrogens is 244 g/mol. The highest BCUT2D eigenvalue weighted by atomic mass is 32.2. The largest absolute Gasteiger partial charge is 0.304 e. The molecule has 1 saturated heterocycles. The van der Waals surface area contributed by atoms with Crippen molar-refractivity contribution in [3.8, 4) is 0 Å². The van der Waals surface area contributed by atoms with Crippen LogP contribution < -0.4 is 5.32 Å². The van der Waals surface area contributed by atoms with Gasteiger partial charge in [0.25, 0.3) is 0 Å². The standard InChI is InChI=1S/C14H20N2OS/c1-8(2)14(3)12(17)16-13(18-14)15-11-7-9-4-5-10(11)6-9/h7-10H,4-6H2,1-3H3,(H,15,16,17). The van der Waals surface area contributed by atoms with Crippen LogP contribution in [0.2, 0.25) is 0 Å². The van der Waals surface area contributed by atoms with Crippen molar-refractivity contribution >= 4 is 22.8 Å². The Labute approximate surface area is 113 Å². The average molecular weight is 264 g/mol. The zero-order valence-electron chi connectivity index (χ0n) is 11.2. The lowest BCUT2D eigenvalue weighted by molar-refractivity contribution is -0.122. The number of allylic oxidation sites excluding steroid dienone is 2. The first-order valence-electron chi connectivity index (χ1n) is 6.80. The highest BCUT2D eigenvalue weighted by Crippen LogP contribution is 2.45.